The number of hydrogen-bond donors (Lipinski definition) is 1. The van der Waals surface area contributed by atoms with Gasteiger partial charge < -0.3 is 15.0 Å². The minimum absolute atomic E-state index is 0.101. The molecule has 1 aliphatic heterocycles. The van der Waals surface area contributed by atoms with Crippen LogP contribution in [0.4, 0.5) is 10.8 Å². The maximum absolute atomic E-state index is 12.5. The third kappa shape index (κ3) is 4.61. The fourth-order valence-corrected chi connectivity index (χ4v) is 6.83. The third-order valence-electron chi connectivity index (χ3n) is 4.52. The molecule has 1 aliphatic rings. The molecule has 3 aromatic rings. The number of rotatable bonds is 6. The fraction of sp³-hybridized carbons (Fsp3) is 0.333. The number of sulfonamides is 1. The van der Waals surface area contributed by atoms with Crippen molar-refractivity contribution in [1.82, 2.24) is 9.29 Å². The van der Waals surface area contributed by atoms with Gasteiger partial charge in [0.25, 0.3) is 10.0 Å². The molecule has 8 nitrogen and oxygen atoms in total. The van der Waals surface area contributed by atoms with Gasteiger partial charge >= 0.3 is 0 Å². The second-order valence-corrected chi connectivity index (χ2v) is 11.6. The topological polar surface area (TPSA) is 91.8 Å². The Labute approximate surface area is 187 Å². The van der Waals surface area contributed by atoms with Gasteiger partial charge in [0.2, 0.25) is 5.91 Å². The molecular weight excluding hydrogens is 468 g/mol. The number of fused-ring (bicyclic) bond motifs is 1. The Morgan fingerprint density at radius 1 is 1.27 bits per heavy atom. The highest BCUT2D eigenvalue weighted by Crippen LogP contribution is 2.31. The lowest BCUT2D eigenvalue weighted by molar-refractivity contribution is -0.116. The van der Waals surface area contributed by atoms with Crippen molar-refractivity contribution in [3.63, 3.8) is 0 Å². The summed E-state index contributed by atoms with van der Waals surface area (Å²) in [5.41, 5.74) is 1.45. The van der Waals surface area contributed by atoms with Crippen LogP contribution in [0.2, 0.25) is 4.34 Å². The summed E-state index contributed by atoms with van der Waals surface area (Å²) in [4.78, 5) is 19.3. The number of carbonyl (C=O) groups is 1. The molecule has 0 aliphatic carbocycles. The molecular formula is C18H19ClN4O4S3. The predicted molar refractivity (Wildman–Crippen MR) is 120 cm³/mol. The highest BCUT2D eigenvalue weighted by Gasteiger charge is 2.25. The van der Waals surface area contributed by atoms with E-state index >= 15 is 0 Å². The van der Waals surface area contributed by atoms with Gasteiger partial charge in [-0.15, -0.1) is 11.3 Å². The number of carbonyl (C=O) groups excluding carboxylic acids is 1. The molecule has 0 saturated carbocycles. The van der Waals surface area contributed by atoms with E-state index in [0.29, 0.717) is 23.2 Å². The number of nitrogens with one attached hydrogen (secondary N) is 1. The van der Waals surface area contributed by atoms with Crippen LogP contribution in [-0.4, -0.2) is 63.5 Å². The number of ether oxygens (including phenoxy) is 1. The second kappa shape index (κ2) is 8.77. The van der Waals surface area contributed by atoms with E-state index in [-0.39, 0.29) is 10.8 Å². The summed E-state index contributed by atoms with van der Waals surface area (Å²) in [5.74, 6) is -0.430. The molecule has 12 heteroatoms. The Kier molecular flexibility index (Phi) is 6.28. The minimum atomic E-state index is -3.77. The van der Waals surface area contributed by atoms with Gasteiger partial charge in [0.15, 0.2) is 5.13 Å². The largest absolute Gasteiger partial charge is 0.378 e. The van der Waals surface area contributed by atoms with Crippen LogP contribution in [0.5, 0.6) is 0 Å². The Balaban J connectivity index is 1.43. The SMILES string of the molecule is CN(CC(=O)Nc1ccc2nc(N3CCOCC3)sc2c1)S(=O)(=O)c1ccc(Cl)s1. The lowest BCUT2D eigenvalue weighted by Crippen LogP contribution is -2.36. The van der Waals surface area contributed by atoms with Crippen molar-refractivity contribution in [2.45, 2.75) is 4.21 Å². The van der Waals surface area contributed by atoms with Crippen LogP contribution >= 0.6 is 34.3 Å². The number of likely N-dealkylation sites (N-methyl/N-ethyl adjacent to an activating group) is 1. The number of nitrogens with zero attached hydrogens (tertiary/aromatic N) is 3. The number of anilines is 2. The predicted octanol–water partition coefficient (Wildman–Crippen LogP) is 3.11. The lowest BCUT2D eigenvalue weighted by Gasteiger charge is -2.25. The van der Waals surface area contributed by atoms with E-state index in [1.807, 2.05) is 12.1 Å². The van der Waals surface area contributed by atoms with Crippen molar-refractivity contribution in [3.8, 4) is 0 Å². The number of halogens is 1. The molecule has 1 aromatic carbocycles. The summed E-state index contributed by atoms with van der Waals surface area (Å²) in [6, 6.07) is 8.40. The van der Waals surface area contributed by atoms with E-state index in [1.54, 1.807) is 17.4 Å². The van der Waals surface area contributed by atoms with Gasteiger partial charge in [-0.2, -0.15) is 4.31 Å². The first-order valence-corrected chi connectivity index (χ1v) is 12.5. The molecule has 160 valence electrons. The Bertz CT molecular complexity index is 1170. The van der Waals surface area contributed by atoms with Crippen LogP contribution < -0.4 is 10.2 Å². The number of thiophene rings is 1. The van der Waals surface area contributed by atoms with E-state index in [1.165, 1.54) is 19.2 Å². The standard InChI is InChI=1S/C18H19ClN4O4S3/c1-22(30(25,26)17-5-4-15(19)29-17)11-16(24)20-12-2-3-13-14(10-12)28-18(21-13)23-6-8-27-9-7-23/h2-5,10H,6-9,11H2,1H3,(H,20,24). The number of thiazole rings is 1. The molecule has 0 spiro atoms. The molecule has 1 amide bonds. The average Bonchev–Trinajstić information content (AvgIpc) is 3.34. The van der Waals surface area contributed by atoms with E-state index in [2.05, 4.69) is 15.2 Å². The first-order valence-electron chi connectivity index (χ1n) is 9.08. The van der Waals surface area contributed by atoms with Crippen molar-refractivity contribution in [1.29, 1.82) is 0 Å². The van der Waals surface area contributed by atoms with E-state index in [0.717, 1.165) is 44.1 Å². The summed E-state index contributed by atoms with van der Waals surface area (Å²) < 4.78 is 32.9. The van der Waals surface area contributed by atoms with Crippen molar-refractivity contribution in [2.75, 3.05) is 50.1 Å². The summed E-state index contributed by atoms with van der Waals surface area (Å²) in [7, 11) is -2.40. The first-order chi connectivity index (χ1) is 14.3. The first kappa shape index (κ1) is 21.5. The summed E-state index contributed by atoms with van der Waals surface area (Å²) in [6.07, 6.45) is 0. The summed E-state index contributed by atoms with van der Waals surface area (Å²) in [5, 5.41) is 3.69. The van der Waals surface area contributed by atoms with Crippen LogP contribution in [0.15, 0.2) is 34.5 Å². The van der Waals surface area contributed by atoms with Crippen LogP contribution in [0, 0.1) is 0 Å². The molecule has 0 radical (unpaired) electrons. The summed E-state index contributed by atoms with van der Waals surface area (Å²) in [6.45, 7) is 2.67. The molecule has 30 heavy (non-hydrogen) atoms. The van der Waals surface area contributed by atoms with Crippen LogP contribution in [0.1, 0.15) is 0 Å². The molecule has 1 N–H and O–H groups in total. The lowest BCUT2D eigenvalue weighted by atomic mass is 10.3. The average molecular weight is 487 g/mol. The number of amides is 1. The van der Waals surface area contributed by atoms with Crippen molar-refractivity contribution < 1.29 is 17.9 Å². The van der Waals surface area contributed by atoms with Crippen molar-refractivity contribution >= 4 is 71.2 Å². The minimum Gasteiger partial charge on any atom is -0.378 e. The fourth-order valence-electron chi connectivity index (χ4n) is 2.96. The molecule has 0 bridgehead atoms. The van der Waals surface area contributed by atoms with Gasteiger partial charge in [0, 0.05) is 25.8 Å². The smallest absolute Gasteiger partial charge is 0.252 e. The molecule has 3 heterocycles. The zero-order valence-electron chi connectivity index (χ0n) is 16.0. The highest BCUT2D eigenvalue weighted by atomic mass is 35.5. The maximum atomic E-state index is 12.5. The number of morpholine rings is 1. The quantitative estimate of drug-likeness (QED) is 0.575. The van der Waals surface area contributed by atoms with Gasteiger partial charge in [0.1, 0.15) is 4.21 Å². The van der Waals surface area contributed by atoms with Gasteiger partial charge in [0.05, 0.1) is 34.3 Å². The van der Waals surface area contributed by atoms with Crippen LogP contribution in [0.25, 0.3) is 10.2 Å². The van der Waals surface area contributed by atoms with Gasteiger partial charge in [-0.05, 0) is 30.3 Å². The number of benzene rings is 1. The van der Waals surface area contributed by atoms with Crippen LogP contribution in [-0.2, 0) is 19.6 Å². The van der Waals surface area contributed by atoms with E-state index in [9.17, 15) is 13.2 Å². The second-order valence-electron chi connectivity index (χ2n) is 6.65. The molecule has 4 rings (SSSR count). The van der Waals surface area contributed by atoms with E-state index < -0.39 is 15.9 Å². The van der Waals surface area contributed by atoms with Gasteiger partial charge in [-0.1, -0.05) is 22.9 Å². The number of hydrogen-bond acceptors (Lipinski definition) is 8. The molecule has 0 unspecified atom stereocenters. The highest BCUT2D eigenvalue weighted by molar-refractivity contribution is 7.91. The Hall–Kier alpha value is -1.76. The third-order valence-corrected chi connectivity index (χ3v) is 9.10. The molecule has 1 fully saturated rings. The molecule has 2 aromatic heterocycles. The molecule has 0 atom stereocenters. The normalized spacial score (nSPS) is 15.1. The molecule has 1 saturated heterocycles. The Morgan fingerprint density at radius 2 is 2.03 bits per heavy atom. The zero-order chi connectivity index (χ0) is 21.3. The van der Waals surface area contributed by atoms with Crippen molar-refractivity contribution in [3.05, 3.63) is 34.7 Å². The van der Waals surface area contributed by atoms with E-state index in [4.69, 9.17) is 16.3 Å². The monoisotopic (exact) mass is 486 g/mol. The summed E-state index contributed by atoms with van der Waals surface area (Å²) >= 11 is 8.34. The maximum Gasteiger partial charge on any atom is 0.252 e. The zero-order valence-corrected chi connectivity index (χ0v) is 19.2. The number of aromatic nitrogens is 1. The Morgan fingerprint density at radius 3 is 2.73 bits per heavy atom. The van der Waals surface area contributed by atoms with Crippen molar-refractivity contribution in [2.24, 2.45) is 0 Å². The van der Waals surface area contributed by atoms with Crippen LogP contribution in [0.3, 0.4) is 0 Å². The van der Waals surface area contributed by atoms with Gasteiger partial charge in [-0.3, -0.25) is 4.79 Å². The van der Waals surface area contributed by atoms with Gasteiger partial charge in [-0.25, -0.2) is 13.4 Å².